The van der Waals surface area contributed by atoms with E-state index >= 15 is 0 Å². The molecule has 4 N–H and O–H groups in total. The lowest BCUT2D eigenvalue weighted by Gasteiger charge is -2.08. The first-order valence-corrected chi connectivity index (χ1v) is 7.13. The topological polar surface area (TPSA) is 107 Å². The number of anilines is 2. The Labute approximate surface area is 129 Å². The van der Waals surface area contributed by atoms with Gasteiger partial charge < -0.3 is 5.32 Å². The third kappa shape index (κ3) is 3.27. The summed E-state index contributed by atoms with van der Waals surface area (Å²) in [4.78, 5) is 17.7. The first-order valence-electron chi connectivity index (χ1n) is 5.94. The quantitative estimate of drug-likeness (QED) is 0.484. The minimum Gasteiger partial charge on any atom is -0.349 e. The zero-order chi connectivity index (χ0) is 14.7. The zero-order valence-corrected chi connectivity index (χ0v) is 12.3. The van der Waals surface area contributed by atoms with Crippen LogP contribution in [0.5, 0.6) is 0 Å². The Balaban J connectivity index is 1.82. The summed E-state index contributed by atoms with van der Waals surface area (Å²) < 4.78 is 2.40. The normalized spacial score (nSPS) is 10.6. The van der Waals surface area contributed by atoms with Crippen molar-refractivity contribution in [2.45, 2.75) is 6.54 Å². The molecule has 0 atom stereocenters. The third-order valence-electron chi connectivity index (χ3n) is 2.54. The Morgan fingerprint density at radius 2 is 2.10 bits per heavy atom. The maximum absolute atomic E-state index is 5.90. The summed E-state index contributed by atoms with van der Waals surface area (Å²) in [6.45, 7) is 0.564. The molecular formula is C11H11ClN8S. The number of hydrogen-bond donors (Lipinski definition) is 3. The molecule has 0 radical (unpaired) electrons. The van der Waals surface area contributed by atoms with E-state index in [9.17, 15) is 0 Å². The van der Waals surface area contributed by atoms with Crippen molar-refractivity contribution in [3.63, 3.8) is 0 Å². The predicted octanol–water partition coefficient (Wildman–Crippen LogP) is 1.67. The average Bonchev–Trinajstić information content (AvgIpc) is 3.16. The molecule has 108 valence electrons. The molecule has 0 bridgehead atoms. The van der Waals surface area contributed by atoms with Gasteiger partial charge in [0.25, 0.3) is 0 Å². The van der Waals surface area contributed by atoms with Gasteiger partial charge in [0.05, 0.1) is 10.9 Å². The Morgan fingerprint density at radius 1 is 1.24 bits per heavy atom. The number of nitrogen functional groups attached to an aromatic ring is 1. The summed E-state index contributed by atoms with van der Waals surface area (Å²) in [5, 5.41) is 3.11. The van der Waals surface area contributed by atoms with E-state index < -0.39 is 0 Å². The predicted molar refractivity (Wildman–Crippen MR) is 81.4 cm³/mol. The van der Waals surface area contributed by atoms with Gasteiger partial charge in [0.15, 0.2) is 0 Å². The first-order chi connectivity index (χ1) is 10.2. The molecule has 21 heavy (non-hydrogen) atoms. The van der Waals surface area contributed by atoms with E-state index in [0.29, 0.717) is 18.4 Å². The molecule has 3 aromatic heterocycles. The SMILES string of the molecule is NNc1nc(NCc2ccc(Cl)s2)nc(-n2ccnc2)n1. The molecule has 10 heteroatoms. The Kier molecular flexibility index (Phi) is 3.95. The van der Waals surface area contributed by atoms with E-state index in [1.165, 1.54) is 11.3 Å². The molecule has 0 amide bonds. The standard InChI is InChI=1S/C11H11ClN8S/c12-8-2-1-7(21-8)5-15-9-16-10(19-13)18-11(17-9)20-4-3-14-6-20/h1-4,6H,5,13H2,(H2,15,16,17,18,19). The highest BCUT2D eigenvalue weighted by molar-refractivity contribution is 7.16. The molecule has 3 rings (SSSR count). The highest BCUT2D eigenvalue weighted by atomic mass is 35.5. The Morgan fingerprint density at radius 3 is 2.76 bits per heavy atom. The number of nitrogens with two attached hydrogens (primary N) is 1. The molecule has 0 saturated heterocycles. The van der Waals surface area contributed by atoms with Crippen molar-refractivity contribution < 1.29 is 0 Å². The molecule has 0 saturated carbocycles. The average molecular weight is 323 g/mol. The highest BCUT2D eigenvalue weighted by Gasteiger charge is 2.07. The lowest BCUT2D eigenvalue weighted by Crippen LogP contribution is -2.15. The van der Waals surface area contributed by atoms with E-state index in [2.05, 4.69) is 30.7 Å². The number of halogens is 1. The van der Waals surface area contributed by atoms with Crippen LogP contribution in [0.3, 0.4) is 0 Å². The van der Waals surface area contributed by atoms with Crippen LogP contribution < -0.4 is 16.6 Å². The van der Waals surface area contributed by atoms with Crippen LogP contribution in [0.2, 0.25) is 4.34 Å². The van der Waals surface area contributed by atoms with Crippen LogP contribution in [0, 0.1) is 0 Å². The number of nitrogens with zero attached hydrogens (tertiary/aromatic N) is 5. The Bertz CT molecular complexity index is 726. The van der Waals surface area contributed by atoms with Crippen LogP contribution in [-0.2, 0) is 6.54 Å². The van der Waals surface area contributed by atoms with Gasteiger partial charge in [-0.15, -0.1) is 11.3 Å². The first kappa shape index (κ1) is 13.7. The summed E-state index contributed by atoms with van der Waals surface area (Å²) in [6, 6.07) is 3.79. The van der Waals surface area contributed by atoms with Crippen molar-refractivity contribution in [3.8, 4) is 5.95 Å². The number of rotatable bonds is 5. The molecule has 8 nitrogen and oxygen atoms in total. The van der Waals surface area contributed by atoms with Crippen LogP contribution in [0.15, 0.2) is 30.9 Å². The minimum atomic E-state index is 0.264. The second-order valence-electron chi connectivity index (χ2n) is 3.96. The van der Waals surface area contributed by atoms with Crippen LogP contribution in [0.1, 0.15) is 4.88 Å². The molecule has 0 aromatic carbocycles. The second kappa shape index (κ2) is 6.04. The lowest BCUT2D eigenvalue weighted by molar-refractivity contribution is 0.889. The zero-order valence-electron chi connectivity index (χ0n) is 10.7. The molecule has 0 fully saturated rings. The molecule has 0 unspecified atom stereocenters. The van der Waals surface area contributed by atoms with Crippen molar-refractivity contribution >= 4 is 34.8 Å². The lowest BCUT2D eigenvalue weighted by atomic mass is 10.5. The maximum atomic E-state index is 5.90. The molecular weight excluding hydrogens is 312 g/mol. The van der Waals surface area contributed by atoms with E-state index in [4.69, 9.17) is 17.4 Å². The number of thiophene rings is 1. The van der Waals surface area contributed by atoms with E-state index in [-0.39, 0.29) is 5.95 Å². The van der Waals surface area contributed by atoms with Gasteiger partial charge in [-0.3, -0.25) is 9.99 Å². The fraction of sp³-hybridized carbons (Fsp3) is 0.0909. The monoisotopic (exact) mass is 322 g/mol. The van der Waals surface area contributed by atoms with E-state index in [1.54, 1.807) is 23.3 Å². The maximum Gasteiger partial charge on any atom is 0.243 e. The van der Waals surface area contributed by atoms with Gasteiger partial charge in [0.1, 0.15) is 6.33 Å². The summed E-state index contributed by atoms with van der Waals surface area (Å²) in [7, 11) is 0. The largest absolute Gasteiger partial charge is 0.349 e. The fourth-order valence-electron chi connectivity index (χ4n) is 1.61. The van der Waals surface area contributed by atoms with Gasteiger partial charge in [-0.2, -0.15) is 15.0 Å². The second-order valence-corrected chi connectivity index (χ2v) is 5.76. The van der Waals surface area contributed by atoms with Gasteiger partial charge in [0, 0.05) is 17.3 Å². The van der Waals surface area contributed by atoms with Crippen LogP contribution >= 0.6 is 22.9 Å². The molecule has 0 spiro atoms. The molecule has 0 aliphatic carbocycles. The van der Waals surface area contributed by atoms with Gasteiger partial charge >= 0.3 is 0 Å². The fourth-order valence-corrected chi connectivity index (χ4v) is 2.64. The van der Waals surface area contributed by atoms with Gasteiger partial charge in [-0.05, 0) is 12.1 Å². The summed E-state index contributed by atoms with van der Waals surface area (Å²) in [6.07, 6.45) is 4.97. The number of aromatic nitrogens is 5. The summed E-state index contributed by atoms with van der Waals surface area (Å²) in [5.74, 6) is 6.47. The third-order valence-corrected chi connectivity index (χ3v) is 3.77. The van der Waals surface area contributed by atoms with Crippen molar-refractivity contribution in [1.82, 2.24) is 24.5 Å². The van der Waals surface area contributed by atoms with Gasteiger partial charge in [-0.25, -0.2) is 10.8 Å². The van der Waals surface area contributed by atoms with Crippen LogP contribution in [0.25, 0.3) is 5.95 Å². The van der Waals surface area contributed by atoms with Crippen LogP contribution in [0.4, 0.5) is 11.9 Å². The summed E-state index contributed by atoms with van der Waals surface area (Å²) in [5.41, 5.74) is 2.42. The Hall–Kier alpha value is -2.23. The van der Waals surface area contributed by atoms with Crippen molar-refractivity contribution in [2.24, 2.45) is 5.84 Å². The molecule has 3 aromatic rings. The van der Waals surface area contributed by atoms with Gasteiger partial charge in [-0.1, -0.05) is 11.6 Å². The van der Waals surface area contributed by atoms with Gasteiger partial charge in [0.2, 0.25) is 17.8 Å². The number of hydrazine groups is 1. The number of imidazole rings is 1. The smallest absolute Gasteiger partial charge is 0.243 e. The van der Waals surface area contributed by atoms with Crippen molar-refractivity contribution in [2.75, 3.05) is 10.7 Å². The van der Waals surface area contributed by atoms with Crippen LogP contribution in [-0.4, -0.2) is 24.5 Å². The van der Waals surface area contributed by atoms with Crippen molar-refractivity contribution in [1.29, 1.82) is 0 Å². The molecule has 0 aliphatic heterocycles. The number of hydrogen-bond acceptors (Lipinski definition) is 8. The minimum absolute atomic E-state index is 0.264. The van der Waals surface area contributed by atoms with E-state index in [1.807, 2.05) is 12.1 Å². The number of nitrogens with one attached hydrogen (secondary N) is 2. The molecule has 0 aliphatic rings. The highest BCUT2D eigenvalue weighted by Crippen LogP contribution is 2.22. The van der Waals surface area contributed by atoms with E-state index in [0.717, 1.165) is 9.21 Å². The summed E-state index contributed by atoms with van der Waals surface area (Å²) >= 11 is 7.39. The van der Waals surface area contributed by atoms with Crippen molar-refractivity contribution in [3.05, 3.63) is 40.1 Å². The molecule has 3 heterocycles.